The third kappa shape index (κ3) is 6.74. The number of amides is 1. The smallest absolute Gasteiger partial charge is 0.408 e. The Balaban J connectivity index is 2.03. The molecule has 0 spiro atoms. The number of hydrogen-bond donors (Lipinski definition) is 2. The first-order valence-corrected chi connectivity index (χ1v) is 9.11. The van der Waals surface area contributed by atoms with Gasteiger partial charge >= 0.3 is 12.1 Å². The molecule has 156 valence electrons. The Morgan fingerprint density at radius 1 is 1.00 bits per heavy atom. The first kappa shape index (κ1) is 22.1. The van der Waals surface area contributed by atoms with Crippen LogP contribution in [0, 0.1) is 17.6 Å². The number of carbonyl (C=O) groups is 2. The van der Waals surface area contributed by atoms with Crippen LogP contribution in [0.3, 0.4) is 0 Å². The fourth-order valence-electron chi connectivity index (χ4n) is 2.89. The SMILES string of the molecule is CC(C)CC(C(=O)O)N(CCc1ccc(Oc2cc(F)cc(F)c2)cc1)C(=O)O. The van der Waals surface area contributed by atoms with Gasteiger partial charge in [-0.25, -0.2) is 18.4 Å². The Morgan fingerprint density at radius 3 is 2.07 bits per heavy atom. The monoisotopic (exact) mass is 407 g/mol. The minimum Gasteiger partial charge on any atom is -0.480 e. The molecule has 0 fully saturated rings. The normalized spacial score (nSPS) is 11.9. The second-order valence-electron chi connectivity index (χ2n) is 7.06. The summed E-state index contributed by atoms with van der Waals surface area (Å²) in [5.74, 6) is -2.27. The minimum atomic E-state index is -1.29. The lowest BCUT2D eigenvalue weighted by molar-refractivity contribution is -0.143. The van der Waals surface area contributed by atoms with Crippen LogP contribution in [0.25, 0.3) is 0 Å². The molecule has 0 aliphatic carbocycles. The van der Waals surface area contributed by atoms with Crippen molar-refractivity contribution in [1.29, 1.82) is 0 Å². The molecule has 2 rings (SSSR count). The van der Waals surface area contributed by atoms with Crippen molar-refractivity contribution in [2.75, 3.05) is 6.54 Å². The Bertz CT molecular complexity index is 834. The summed E-state index contributed by atoms with van der Waals surface area (Å²) in [7, 11) is 0. The molecule has 0 aliphatic heterocycles. The first-order chi connectivity index (χ1) is 13.7. The molecule has 1 unspecified atom stereocenters. The van der Waals surface area contributed by atoms with Crippen LogP contribution < -0.4 is 4.74 Å². The van der Waals surface area contributed by atoms with Gasteiger partial charge in [0.15, 0.2) is 0 Å². The van der Waals surface area contributed by atoms with Gasteiger partial charge in [-0.3, -0.25) is 4.90 Å². The van der Waals surface area contributed by atoms with Gasteiger partial charge in [0, 0.05) is 24.7 Å². The molecule has 2 N–H and O–H groups in total. The zero-order valence-electron chi connectivity index (χ0n) is 16.1. The average Bonchev–Trinajstić information content (AvgIpc) is 2.60. The van der Waals surface area contributed by atoms with Crippen molar-refractivity contribution >= 4 is 12.1 Å². The molecule has 6 nitrogen and oxygen atoms in total. The highest BCUT2D eigenvalue weighted by Crippen LogP contribution is 2.24. The Labute approximate surface area is 167 Å². The molecule has 0 bridgehead atoms. The molecule has 8 heteroatoms. The molecule has 1 amide bonds. The number of hydrogen-bond acceptors (Lipinski definition) is 3. The molecule has 0 heterocycles. The van der Waals surface area contributed by atoms with Crippen LogP contribution in [0.2, 0.25) is 0 Å². The molecule has 0 radical (unpaired) electrons. The topological polar surface area (TPSA) is 87.1 Å². The summed E-state index contributed by atoms with van der Waals surface area (Å²) in [6, 6.07) is 8.29. The van der Waals surface area contributed by atoms with Crippen LogP contribution in [-0.4, -0.2) is 39.8 Å². The number of carboxylic acids is 1. The highest BCUT2D eigenvalue weighted by atomic mass is 19.1. The second-order valence-corrected chi connectivity index (χ2v) is 7.06. The van der Waals surface area contributed by atoms with Crippen LogP contribution in [-0.2, 0) is 11.2 Å². The van der Waals surface area contributed by atoms with Crippen LogP contribution in [0.4, 0.5) is 13.6 Å². The van der Waals surface area contributed by atoms with Crippen LogP contribution in [0.5, 0.6) is 11.5 Å². The van der Waals surface area contributed by atoms with E-state index in [1.165, 1.54) is 0 Å². The fraction of sp³-hybridized carbons (Fsp3) is 0.333. The van der Waals surface area contributed by atoms with Gasteiger partial charge in [0.25, 0.3) is 0 Å². The van der Waals surface area contributed by atoms with E-state index in [9.17, 15) is 28.6 Å². The number of nitrogens with zero attached hydrogens (tertiary/aromatic N) is 1. The number of rotatable bonds is 9. The molecule has 2 aromatic carbocycles. The molecule has 29 heavy (non-hydrogen) atoms. The van der Waals surface area contributed by atoms with E-state index in [4.69, 9.17) is 4.74 Å². The van der Waals surface area contributed by atoms with Gasteiger partial charge in [-0.2, -0.15) is 0 Å². The van der Waals surface area contributed by atoms with Crippen molar-refractivity contribution in [3.8, 4) is 11.5 Å². The summed E-state index contributed by atoms with van der Waals surface area (Å²) in [4.78, 5) is 24.0. The maximum absolute atomic E-state index is 13.2. The second kappa shape index (κ2) is 9.86. The number of carboxylic acid groups (broad SMARTS) is 2. The summed E-state index contributed by atoms with van der Waals surface area (Å²) in [6.45, 7) is 3.69. The van der Waals surface area contributed by atoms with Gasteiger partial charge in [0.2, 0.25) is 0 Å². The van der Waals surface area contributed by atoms with Crippen LogP contribution >= 0.6 is 0 Å². The van der Waals surface area contributed by atoms with Gasteiger partial charge in [0.05, 0.1) is 0 Å². The van der Waals surface area contributed by atoms with Gasteiger partial charge in [-0.05, 0) is 36.5 Å². The molecule has 2 aromatic rings. The van der Waals surface area contributed by atoms with E-state index in [0.717, 1.165) is 28.7 Å². The fourth-order valence-corrected chi connectivity index (χ4v) is 2.89. The summed E-state index contributed by atoms with van der Waals surface area (Å²) in [5.41, 5.74) is 0.766. The summed E-state index contributed by atoms with van der Waals surface area (Å²) in [5, 5.41) is 18.8. The van der Waals surface area contributed by atoms with Gasteiger partial charge in [0.1, 0.15) is 29.2 Å². The van der Waals surface area contributed by atoms with E-state index in [1.54, 1.807) is 24.3 Å². The van der Waals surface area contributed by atoms with E-state index >= 15 is 0 Å². The zero-order valence-corrected chi connectivity index (χ0v) is 16.1. The van der Waals surface area contributed by atoms with Crippen molar-refractivity contribution in [3.63, 3.8) is 0 Å². The Hall–Kier alpha value is -3.16. The molecular weight excluding hydrogens is 384 g/mol. The maximum Gasteiger partial charge on any atom is 0.408 e. The average molecular weight is 407 g/mol. The molecular formula is C21H23F2NO5. The minimum absolute atomic E-state index is 0.0188. The van der Waals surface area contributed by atoms with E-state index in [-0.39, 0.29) is 24.6 Å². The lowest BCUT2D eigenvalue weighted by atomic mass is 10.0. The highest BCUT2D eigenvalue weighted by Gasteiger charge is 2.29. The largest absolute Gasteiger partial charge is 0.480 e. The van der Waals surface area contributed by atoms with Crippen molar-refractivity contribution < 1.29 is 33.3 Å². The van der Waals surface area contributed by atoms with E-state index in [0.29, 0.717) is 12.2 Å². The van der Waals surface area contributed by atoms with Gasteiger partial charge in [-0.1, -0.05) is 26.0 Å². The maximum atomic E-state index is 13.2. The number of halogens is 2. The lowest BCUT2D eigenvalue weighted by Crippen LogP contribution is -2.46. The third-order valence-corrected chi connectivity index (χ3v) is 4.24. The lowest BCUT2D eigenvalue weighted by Gasteiger charge is -2.27. The zero-order chi connectivity index (χ0) is 21.6. The van der Waals surface area contributed by atoms with E-state index < -0.39 is 29.7 Å². The van der Waals surface area contributed by atoms with Crippen LogP contribution in [0.15, 0.2) is 42.5 Å². The van der Waals surface area contributed by atoms with Gasteiger partial charge in [-0.15, -0.1) is 0 Å². The summed E-state index contributed by atoms with van der Waals surface area (Å²) < 4.78 is 31.9. The predicted octanol–water partition coefficient (Wildman–Crippen LogP) is 4.78. The number of ether oxygens (including phenoxy) is 1. The van der Waals surface area contributed by atoms with E-state index in [2.05, 4.69) is 0 Å². The predicted molar refractivity (Wildman–Crippen MR) is 102 cm³/mol. The Morgan fingerprint density at radius 2 is 1.59 bits per heavy atom. The summed E-state index contributed by atoms with van der Waals surface area (Å²) >= 11 is 0. The molecule has 0 aliphatic rings. The molecule has 0 saturated carbocycles. The van der Waals surface area contributed by atoms with Crippen molar-refractivity contribution in [3.05, 3.63) is 59.7 Å². The summed E-state index contributed by atoms with van der Waals surface area (Å²) in [6.07, 6.45) is -0.757. The third-order valence-electron chi connectivity index (χ3n) is 4.24. The van der Waals surface area contributed by atoms with Crippen molar-refractivity contribution in [2.24, 2.45) is 5.92 Å². The Kier molecular flexibility index (Phi) is 7.52. The van der Waals surface area contributed by atoms with Gasteiger partial charge < -0.3 is 14.9 Å². The number of benzene rings is 2. The standard InChI is InChI=1S/C21H23F2NO5/c1-13(2)9-19(20(25)26)24(21(27)28)8-7-14-3-5-17(6-4-14)29-18-11-15(22)10-16(23)12-18/h3-6,10-13,19H,7-9H2,1-2H3,(H,25,26)(H,27,28). The first-order valence-electron chi connectivity index (χ1n) is 9.11. The molecule has 0 aromatic heterocycles. The van der Waals surface area contributed by atoms with Crippen LogP contribution in [0.1, 0.15) is 25.8 Å². The molecule has 1 atom stereocenters. The van der Waals surface area contributed by atoms with E-state index in [1.807, 2.05) is 13.8 Å². The van der Waals surface area contributed by atoms with Crippen molar-refractivity contribution in [1.82, 2.24) is 4.90 Å². The molecule has 0 saturated heterocycles. The highest BCUT2D eigenvalue weighted by molar-refractivity contribution is 5.79. The number of aliphatic carboxylic acids is 1. The van der Waals surface area contributed by atoms with Crippen molar-refractivity contribution in [2.45, 2.75) is 32.7 Å². The quantitative estimate of drug-likeness (QED) is 0.625.